The Kier molecular flexibility index (Phi) is 7.30. The molecule has 0 aliphatic heterocycles. The molecule has 128 valence electrons. The summed E-state index contributed by atoms with van der Waals surface area (Å²) in [5.74, 6) is 0.708. The number of unbranched alkanes of at least 4 members (excludes halogenated alkanes) is 1. The molecule has 4 nitrogen and oxygen atoms in total. The van der Waals surface area contributed by atoms with E-state index in [0.717, 1.165) is 29.7 Å². The summed E-state index contributed by atoms with van der Waals surface area (Å²) in [6.45, 7) is 3.90. The largest absolute Gasteiger partial charge is 0.494 e. The van der Waals surface area contributed by atoms with Gasteiger partial charge in [-0.1, -0.05) is 37.6 Å². The average molecular weight is 327 g/mol. The molecule has 0 aliphatic carbocycles. The summed E-state index contributed by atoms with van der Waals surface area (Å²) in [6.07, 6.45) is 2.14. The van der Waals surface area contributed by atoms with Gasteiger partial charge in [-0.3, -0.25) is 4.79 Å². The van der Waals surface area contributed by atoms with Crippen LogP contribution in [0, 0.1) is 0 Å². The summed E-state index contributed by atoms with van der Waals surface area (Å²) in [5, 5.41) is 2.94. The molecule has 1 N–H and O–H groups in total. The molecule has 0 saturated heterocycles. The zero-order valence-electron chi connectivity index (χ0n) is 14.4. The van der Waals surface area contributed by atoms with Gasteiger partial charge in [0.1, 0.15) is 5.75 Å². The van der Waals surface area contributed by atoms with Crippen molar-refractivity contribution in [2.45, 2.75) is 32.9 Å². The first-order valence-corrected chi connectivity index (χ1v) is 8.30. The molecule has 0 spiro atoms. The maximum Gasteiger partial charge on any atom is 0.251 e. The molecular weight excluding hydrogens is 302 g/mol. The van der Waals surface area contributed by atoms with Gasteiger partial charge >= 0.3 is 0 Å². The second-order valence-electron chi connectivity index (χ2n) is 5.66. The van der Waals surface area contributed by atoms with Crippen molar-refractivity contribution in [3.05, 3.63) is 65.2 Å². The molecule has 0 heterocycles. The minimum Gasteiger partial charge on any atom is -0.494 e. The van der Waals surface area contributed by atoms with Gasteiger partial charge in [-0.15, -0.1) is 0 Å². The first kappa shape index (κ1) is 18.0. The molecule has 24 heavy (non-hydrogen) atoms. The van der Waals surface area contributed by atoms with E-state index in [9.17, 15) is 4.79 Å². The third-order valence-electron chi connectivity index (χ3n) is 3.64. The predicted octanol–water partition coefficient (Wildman–Crippen LogP) is 3.94. The van der Waals surface area contributed by atoms with Crippen LogP contribution in [-0.2, 0) is 17.9 Å². The Morgan fingerprint density at radius 3 is 2.54 bits per heavy atom. The van der Waals surface area contributed by atoms with E-state index in [1.807, 2.05) is 36.4 Å². The molecule has 0 bridgehead atoms. The SMILES string of the molecule is CCCCOc1ccc(C(=O)NCc2cccc(COC)c2)cc1. The molecule has 0 atom stereocenters. The van der Waals surface area contributed by atoms with Crippen molar-refractivity contribution < 1.29 is 14.3 Å². The molecule has 0 aromatic heterocycles. The second-order valence-corrected chi connectivity index (χ2v) is 5.66. The van der Waals surface area contributed by atoms with Gasteiger partial charge in [-0.2, -0.15) is 0 Å². The molecule has 2 rings (SSSR count). The van der Waals surface area contributed by atoms with Crippen molar-refractivity contribution >= 4 is 5.91 Å². The normalized spacial score (nSPS) is 10.4. The highest BCUT2D eigenvalue weighted by Gasteiger charge is 2.06. The lowest BCUT2D eigenvalue weighted by atomic mass is 10.1. The topological polar surface area (TPSA) is 47.6 Å². The number of ether oxygens (including phenoxy) is 2. The Labute approximate surface area is 143 Å². The summed E-state index contributed by atoms with van der Waals surface area (Å²) in [4.78, 5) is 12.2. The van der Waals surface area contributed by atoms with Crippen LogP contribution in [0.1, 0.15) is 41.3 Å². The van der Waals surface area contributed by atoms with Gasteiger partial charge in [0.2, 0.25) is 0 Å². The zero-order valence-corrected chi connectivity index (χ0v) is 14.4. The Morgan fingerprint density at radius 2 is 1.83 bits per heavy atom. The van der Waals surface area contributed by atoms with E-state index in [1.165, 1.54) is 0 Å². The Bertz CT molecular complexity index is 638. The number of carbonyl (C=O) groups is 1. The maximum atomic E-state index is 12.2. The first-order chi connectivity index (χ1) is 11.7. The third kappa shape index (κ3) is 5.70. The van der Waals surface area contributed by atoms with Crippen molar-refractivity contribution in [1.29, 1.82) is 0 Å². The van der Waals surface area contributed by atoms with Gasteiger partial charge in [0, 0.05) is 19.2 Å². The van der Waals surface area contributed by atoms with Crippen molar-refractivity contribution in [2.24, 2.45) is 0 Å². The van der Waals surface area contributed by atoms with E-state index in [4.69, 9.17) is 9.47 Å². The molecule has 0 unspecified atom stereocenters. The van der Waals surface area contributed by atoms with Crippen molar-refractivity contribution in [3.63, 3.8) is 0 Å². The van der Waals surface area contributed by atoms with Crippen LogP contribution in [0.25, 0.3) is 0 Å². The summed E-state index contributed by atoms with van der Waals surface area (Å²) in [5.41, 5.74) is 2.78. The summed E-state index contributed by atoms with van der Waals surface area (Å²) in [7, 11) is 1.67. The first-order valence-electron chi connectivity index (χ1n) is 8.30. The van der Waals surface area contributed by atoms with Crippen LogP contribution in [0.5, 0.6) is 5.75 Å². The minimum atomic E-state index is -0.0905. The van der Waals surface area contributed by atoms with Crippen LogP contribution in [0.4, 0.5) is 0 Å². The number of nitrogens with one attached hydrogen (secondary N) is 1. The Balaban J connectivity index is 1.86. The molecule has 4 heteroatoms. The van der Waals surface area contributed by atoms with E-state index in [-0.39, 0.29) is 5.91 Å². The number of benzene rings is 2. The van der Waals surface area contributed by atoms with Crippen molar-refractivity contribution in [1.82, 2.24) is 5.32 Å². The molecular formula is C20H25NO3. The van der Waals surface area contributed by atoms with Gasteiger partial charge in [-0.05, 0) is 41.8 Å². The summed E-state index contributed by atoms with van der Waals surface area (Å²) < 4.78 is 10.7. The number of rotatable bonds is 9. The summed E-state index contributed by atoms with van der Waals surface area (Å²) >= 11 is 0. The fourth-order valence-electron chi connectivity index (χ4n) is 2.32. The van der Waals surface area contributed by atoms with E-state index >= 15 is 0 Å². The maximum absolute atomic E-state index is 12.2. The monoisotopic (exact) mass is 327 g/mol. The molecule has 0 aliphatic rings. The van der Waals surface area contributed by atoms with E-state index in [2.05, 4.69) is 12.2 Å². The molecule has 2 aromatic carbocycles. The van der Waals surface area contributed by atoms with E-state index < -0.39 is 0 Å². The third-order valence-corrected chi connectivity index (χ3v) is 3.64. The standard InChI is InChI=1S/C20H25NO3/c1-3-4-12-24-19-10-8-18(9-11-19)20(22)21-14-16-6-5-7-17(13-16)15-23-2/h5-11,13H,3-4,12,14-15H2,1-2H3,(H,21,22). The molecule has 0 saturated carbocycles. The fraction of sp³-hybridized carbons (Fsp3) is 0.350. The molecule has 0 fully saturated rings. The average Bonchev–Trinajstić information content (AvgIpc) is 2.61. The number of hydrogen-bond donors (Lipinski definition) is 1. The molecule has 1 amide bonds. The number of methoxy groups -OCH3 is 1. The number of amides is 1. The van der Waals surface area contributed by atoms with E-state index in [0.29, 0.717) is 25.3 Å². The van der Waals surface area contributed by atoms with Crippen molar-refractivity contribution in [2.75, 3.05) is 13.7 Å². The van der Waals surface area contributed by atoms with Crippen LogP contribution < -0.4 is 10.1 Å². The lowest BCUT2D eigenvalue weighted by molar-refractivity contribution is 0.0951. The van der Waals surface area contributed by atoms with Gasteiger partial charge in [0.15, 0.2) is 0 Å². The van der Waals surface area contributed by atoms with Crippen molar-refractivity contribution in [3.8, 4) is 5.75 Å². The molecule has 2 aromatic rings. The minimum absolute atomic E-state index is 0.0905. The fourth-order valence-corrected chi connectivity index (χ4v) is 2.32. The van der Waals surface area contributed by atoms with Gasteiger partial charge < -0.3 is 14.8 Å². The predicted molar refractivity (Wildman–Crippen MR) is 95.2 cm³/mol. The zero-order chi connectivity index (χ0) is 17.2. The Hall–Kier alpha value is -2.33. The van der Waals surface area contributed by atoms with Crippen LogP contribution in [0.15, 0.2) is 48.5 Å². The van der Waals surface area contributed by atoms with Gasteiger partial charge in [-0.25, -0.2) is 0 Å². The number of hydrogen-bond acceptors (Lipinski definition) is 3. The highest BCUT2D eigenvalue weighted by molar-refractivity contribution is 5.94. The van der Waals surface area contributed by atoms with Crippen LogP contribution in [0.3, 0.4) is 0 Å². The van der Waals surface area contributed by atoms with E-state index in [1.54, 1.807) is 19.2 Å². The lowest BCUT2D eigenvalue weighted by Gasteiger charge is -2.09. The second kappa shape index (κ2) is 9.73. The highest BCUT2D eigenvalue weighted by atomic mass is 16.5. The summed E-state index contributed by atoms with van der Waals surface area (Å²) in [6, 6.07) is 15.3. The van der Waals surface area contributed by atoms with Gasteiger partial charge in [0.25, 0.3) is 5.91 Å². The highest BCUT2D eigenvalue weighted by Crippen LogP contribution is 2.13. The number of carbonyl (C=O) groups excluding carboxylic acids is 1. The smallest absolute Gasteiger partial charge is 0.251 e. The molecule has 0 radical (unpaired) electrons. The van der Waals surface area contributed by atoms with Crippen LogP contribution in [-0.4, -0.2) is 19.6 Å². The quantitative estimate of drug-likeness (QED) is 0.710. The van der Waals surface area contributed by atoms with Gasteiger partial charge in [0.05, 0.1) is 13.2 Å². The van der Waals surface area contributed by atoms with Crippen LogP contribution >= 0.6 is 0 Å². The van der Waals surface area contributed by atoms with Crippen LogP contribution in [0.2, 0.25) is 0 Å². The lowest BCUT2D eigenvalue weighted by Crippen LogP contribution is -2.22. The Morgan fingerprint density at radius 1 is 1.08 bits per heavy atom.